The maximum Gasteiger partial charge on any atom is 0.475 e. The van der Waals surface area contributed by atoms with Crippen molar-refractivity contribution in [3.05, 3.63) is 6.33 Å². The van der Waals surface area contributed by atoms with Crippen LogP contribution in [0.3, 0.4) is 0 Å². The van der Waals surface area contributed by atoms with E-state index in [9.17, 15) is 14.5 Å². The number of hydrogen-bond acceptors (Lipinski definition) is 13. The maximum atomic E-state index is 13.1. The summed E-state index contributed by atoms with van der Waals surface area (Å²) in [5.41, 5.74) is 4.66. The van der Waals surface area contributed by atoms with Gasteiger partial charge in [0.15, 0.2) is 17.4 Å². The van der Waals surface area contributed by atoms with Crippen molar-refractivity contribution in [2.75, 3.05) is 26.1 Å². The third-order valence-electron chi connectivity index (χ3n) is 5.28. The largest absolute Gasteiger partial charge is 0.479 e. The van der Waals surface area contributed by atoms with Crippen molar-refractivity contribution in [2.45, 2.75) is 57.3 Å². The van der Waals surface area contributed by atoms with E-state index in [4.69, 9.17) is 33.5 Å². The number of nitrogens with two attached hydrogens (primary N) is 1. The van der Waals surface area contributed by atoms with Gasteiger partial charge in [-0.2, -0.15) is 9.97 Å². The second-order valence-electron chi connectivity index (χ2n) is 7.86. The minimum Gasteiger partial charge on any atom is -0.479 e. The molecule has 2 aliphatic rings. The molecule has 0 bridgehead atoms. The number of methoxy groups -OCH3 is 1. The smallest absolute Gasteiger partial charge is 0.475 e. The van der Waals surface area contributed by atoms with E-state index in [0.29, 0.717) is 5.52 Å². The molecule has 15 heteroatoms. The lowest BCUT2D eigenvalue weighted by Gasteiger charge is -2.35. The van der Waals surface area contributed by atoms with Gasteiger partial charge in [0.05, 0.1) is 39.2 Å². The molecular formula is C18H26N5O9P. The maximum absolute atomic E-state index is 13.1. The second kappa shape index (κ2) is 8.78. The van der Waals surface area contributed by atoms with Crippen LogP contribution in [0.25, 0.3) is 11.2 Å². The van der Waals surface area contributed by atoms with E-state index >= 15 is 0 Å². The SMILES string of the molecule is CCOC(=O)C[C@H](C)O[P@]1(=O)OC[C@H]2O[C@@H](n3cnc4c(OC)nc(N)nc43)[C@](C)(O)[C@@H]2O1. The molecule has 14 nitrogen and oxygen atoms in total. The Balaban J connectivity index is 1.56. The van der Waals surface area contributed by atoms with Gasteiger partial charge in [-0.15, -0.1) is 0 Å². The average Bonchev–Trinajstić information content (AvgIpc) is 3.25. The summed E-state index contributed by atoms with van der Waals surface area (Å²) in [5.74, 6) is -0.393. The zero-order valence-electron chi connectivity index (χ0n) is 18.5. The first-order valence-corrected chi connectivity index (χ1v) is 11.7. The Labute approximate surface area is 188 Å². The Bertz CT molecular complexity index is 1090. The summed E-state index contributed by atoms with van der Waals surface area (Å²) in [7, 11) is -2.69. The molecule has 0 amide bonds. The number of ether oxygens (including phenoxy) is 3. The molecule has 2 saturated heterocycles. The Morgan fingerprint density at radius 1 is 1.48 bits per heavy atom. The van der Waals surface area contributed by atoms with Crippen molar-refractivity contribution >= 4 is 30.9 Å². The number of anilines is 1. The number of phosphoric ester groups is 1. The van der Waals surface area contributed by atoms with Gasteiger partial charge in [-0.25, -0.2) is 9.55 Å². The lowest BCUT2D eigenvalue weighted by Crippen LogP contribution is -2.47. The molecule has 2 aromatic heterocycles. The highest BCUT2D eigenvalue weighted by molar-refractivity contribution is 7.48. The number of nitrogen functional groups attached to an aromatic ring is 1. The van der Waals surface area contributed by atoms with Crippen LogP contribution < -0.4 is 10.5 Å². The van der Waals surface area contributed by atoms with Gasteiger partial charge in [0.1, 0.15) is 17.8 Å². The monoisotopic (exact) mass is 487 g/mol. The van der Waals surface area contributed by atoms with Crippen molar-refractivity contribution < 1.29 is 42.2 Å². The Morgan fingerprint density at radius 2 is 2.24 bits per heavy atom. The number of phosphoric acid groups is 1. The first-order chi connectivity index (χ1) is 15.6. The topological polar surface area (TPSA) is 179 Å². The van der Waals surface area contributed by atoms with E-state index < -0.39 is 43.9 Å². The summed E-state index contributed by atoms with van der Waals surface area (Å²) in [6, 6.07) is 0. The van der Waals surface area contributed by atoms with Gasteiger partial charge in [-0.3, -0.25) is 22.9 Å². The first-order valence-electron chi connectivity index (χ1n) is 10.3. The van der Waals surface area contributed by atoms with E-state index in [1.165, 1.54) is 31.9 Å². The molecule has 0 spiro atoms. The van der Waals surface area contributed by atoms with Crippen LogP contribution >= 0.6 is 7.82 Å². The van der Waals surface area contributed by atoms with E-state index in [1.54, 1.807) is 6.92 Å². The van der Waals surface area contributed by atoms with E-state index in [-0.39, 0.29) is 37.1 Å². The zero-order valence-corrected chi connectivity index (χ0v) is 19.4. The van der Waals surface area contributed by atoms with Crippen LogP contribution in [0.5, 0.6) is 5.88 Å². The number of rotatable bonds is 7. The highest BCUT2D eigenvalue weighted by Gasteiger charge is 2.60. The van der Waals surface area contributed by atoms with Crippen LogP contribution in [0.4, 0.5) is 5.95 Å². The number of esters is 1. The molecule has 33 heavy (non-hydrogen) atoms. The van der Waals surface area contributed by atoms with Gasteiger partial charge < -0.3 is 25.1 Å². The fourth-order valence-electron chi connectivity index (χ4n) is 3.86. The fourth-order valence-corrected chi connectivity index (χ4v) is 5.51. The number of fused-ring (bicyclic) bond motifs is 2. The summed E-state index contributed by atoms with van der Waals surface area (Å²) in [4.78, 5) is 24.1. The molecule has 2 aromatic rings. The molecule has 2 aliphatic heterocycles. The quantitative estimate of drug-likeness (QED) is 0.417. The van der Waals surface area contributed by atoms with Gasteiger partial charge in [0.25, 0.3) is 0 Å². The molecular weight excluding hydrogens is 461 g/mol. The predicted molar refractivity (Wildman–Crippen MR) is 111 cm³/mol. The zero-order chi connectivity index (χ0) is 24.0. The van der Waals surface area contributed by atoms with Crippen LogP contribution in [0.2, 0.25) is 0 Å². The Morgan fingerprint density at radius 3 is 2.94 bits per heavy atom. The van der Waals surface area contributed by atoms with Crippen molar-refractivity contribution in [3.8, 4) is 5.88 Å². The van der Waals surface area contributed by atoms with Gasteiger partial charge >= 0.3 is 13.8 Å². The number of imidazole rings is 1. The summed E-state index contributed by atoms with van der Waals surface area (Å²) in [6.45, 7) is 4.72. The van der Waals surface area contributed by atoms with Gasteiger partial charge in [0.2, 0.25) is 11.8 Å². The standard InChI is InChI=1S/C18H26N5O9P/c1-5-28-11(24)6-9(2)31-33(26)29-7-10-13(32-33)18(3,25)16(30-10)23-8-20-12-14(23)21-17(19)22-15(12)27-4/h8-10,13,16,25H,5-7H2,1-4H3,(H2,19,21,22)/t9-,10+,13+,16+,18+,33-/m0/s1. The molecule has 0 radical (unpaired) electrons. The second-order valence-corrected chi connectivity index (χ2v) is 9.44. The van der Waals surface area contributed by atoms with E-state index in [0.717, 1.165) is 0 Å². The van der Waals surface area contributed by atoms with Crippen molar-refractivity contribution in [1.29, 1.82) is 0 Å². The lowest BCUT2D eigenvalue weighted by atomic mass is 9.96. The summed E-state index contributed by atoms with van der Waals surface area (Å²) >= 11 is 0. The predicted octanol–water partition coefficient (Wildman–Crippen LogP) is 0.947. The normalized spacial score (nSPS) is 32.5. The third-order valence-corrected chi connectivity index (χ3v) is 6.85. The Kier molecular flexibility index (Phi) is 6.33. The molecule has 3 N–H and O–H groups in total. The van der Waals surface area contributed by atoms with Crippen LogP contribution in [0.1, 0.15) is 33.4 Å². The fraction of sp³-hybridized carbons (Fsp3) is 0.667. The van der Waals surface area contributed by atoms with Crippen LogP contribution in [-0.4, -0.2) is 74.8 Å². The van der Waals surface area contributed by atoms with Crippen LogP contribution in [0.15, 0.2) is 6.33 Å². The minimum atomic E-state index is -4.10. The molecule has 0 aliphatic carbocycles. The number of carbonyl (C=O) groups is 1. The number of carbonyl (C=O) groups excluding carboxylic acids is 1. The number of nitrogens with zero attached hydrogens (tertiary/aromatic N) is 4. The highest BCUT2D eigenvalue weighted by atomic mass is 31.2. The summed E-state index contributed by atoms with van der Waals surface area (Å²) in [6.07, 6.45) is -2.43. The van der Waals surface area contributed by atoms with Gasteiger partial charge in [-0.05, 0) is 20.8 Å². The van der Waals surface area contributed by atoms with E-state index in [2.05, 4.69) is 15.0 Å². The van der Waals surface area contributed by atoms with Gasteiger partial charge in [-0.1, -0.05) is 0 Å². The highest BCUT2D eigenvalue weighted by Crippen LogP contribution is 2.59. The summed E-state index contributed by atoms with van der Waals surface area (Å²) in [5, 5.41) is 11.3. The molecule has 0 saturated carbocycles. The Hall–Kier alpha value is -2.35. The van der Waals surface area contributed by atoms with Crippen LogP contribution in [0, 0.1) is 0 Å². The van der Waals surface area contributed by atoms with Crippen molar-refractivity contribution in [1.82, 2.24) is 19.5 Å². The molecule has 0 unspecified atom stereocenters. The molecule has 0 aromatic carbocycles. The van der Waals surface area contributed by atoms with Gasteiger partial charge in [0, 0.05) is 0 Å². The minimum absolute atomic E-state index is 0.0516. The number of hydrogen-bond donors (Lipinski definition) is 2. The molecule has 4 rings (SSSR count). The van der Waals surface area contributed by atoms with E-state index in [1.807, 2.05) is 0 Å². The molecule has 6 atom stereocenters. The van der Waals surface area contributed by atoms with Crippen molar-refractivity contribution in [2.24, 2.45) is 0 Å². The molecule has 182 valence electrons. The van der Waals surface area contributed by atoms with Crippen molar-refractivity contribution in [3.63, 3.8) is 0 Å². The average molecular weight is 487 g/mol. The summed E-state index contributed by atoms with van der Waals surface area (Å²) < 4.78 is 46.9. The number of aromatic nitrogens is 4. The first kappa shape index (κ1) is 23.8. The number of aliphatic hydroxyl groups is 1. The van der Waals surface area contributed by atoms with Crippen LogP contribution in [-0.2, 0) is 32.4 Å². The lowest BCUT2D eigenvalue weighted by molar-refractivity contribution is -0.145. The molecule has 2 fully saturated rings. The molecule has 4 heterocycles. The third kappa shape index (κ3) is 4.42.